The van der Waals surface area contributed by atoms with E-state index >= 15 is 0 Å². The summed E-state index contributed by atoms with van der Waals surface area (Å²) in [5, 5.41) is 16.6. The van der Waals surface area contributed by atoms with E-state index in [4.69, 9.17) is 27.9 Å². The lowest BCUT2D eigenvalue weighted by molar-refractivity contribution is -0.384. The second-order valence-electron chi connectivity index (χ2n) is 5.82. The molecule has 0 aliphatic heterocycles. The Bertz CT molecular complexity index is 1080. The van der Waals surface area contributed by atoms with E-state index in [-0.39, 0.29) is 23.0 Å². The average molecular weight is 420 g/mol. The van der Waals surface area contributed by atoms with Gasteiger partial charge in [0.05, 0.1) is 33.5 Å². The third-order valence-corrected chi connectivity index (χ3v) is 4.62. The van der Waals surface area contributed by atoms with Gasteiger partial charge in [-0.2, -0.15) is 5.10 Å². The van der Waals surface area contributed by atoms with Crippen LogP contribution in [0.15, 0.2) is 42.5 Å². The van der Waals surface area contributed by atoms with E-state index in [0.29, 0.717) is 27.5 Å². The predicted octanol–water partition coefficient (Wildman–Crippen LogP) is 5.24. The minimum absolute atomic E-state index is 0.0565. The molecular weight excluding hydrogens is 405 g/mol. The zero-order valence-corrected chi connectivity index (χ0v) is 16.5. The predicted molar refractivity (Wildman–Crippen MR) is 106 cm³/mol. The summed E-state index contributed by atoms with van der Waals surface area (Å²) in [7, 11) is 0. The van der Waals surface area contributed by atoms with Gasteiger partial charge < -0.3 is 4.74 Å². The van der Waals surface area contributed by atoms with Crippen molar-refractivity contribution in [3.8, 4) is 16.9 Å². The van der Waals surface area contributed by atoms with Gasteiger partial charge in [0.2, 0.25) is 0 Å². The SMILES string of the molecule is CCOC(=O)c1nn(-c2ccc(Cl)cc2Cl)c(-c2ccccc2[N+](=O)[O-])c1C. The molecule has 0 saturated carbocycles. The molecule has 0 unspecified atom stereocenters. The second kappa shape index (κ2) is 8.00. The first-order chi connectivity index (χ1) is 13.3. The van der Waals surface area contributed by atoms with Crippen molar-refractivity contribution >= 4 is 34.9 Å². The molecule has 0 fully saturated rings. The largest absolute Gasteiger partial charge is 0.461 e. The number of carbonyl (C=O) groups is 1. The highest BCUT2D eigenvalue weighted by Crippen LogP contribution is 2.37. The van der Waals surface area contributed by atoms with Gasteiger partial charge in [0.15, 0.2) is 5.69 Å². The number of halogens is 2. The quantitative estimate of drug-likeness (QED) is 0.320. The number of rotatable bonds is 5. The Balaban J connectivity index is 2.35. The number of hydrogen-bond donors (Lipinski definition) is 0. The normalized spacial score (nSPS) is 10.7. The molecule has 3 rings (SSSR count). The van der Waals surface area contributed by atoms with E-state index in [1.165, 1.54) is 16.8 Å². The molecule has 0 atom stereocenters. The summed E-state index contributed by atoms with van der Waals surface area (Å²) in [6.07, 6.45) is 0. The van der Waals surface area contributed by atoms with Gasteiger partial charge in [-0.25, -0.2) is 9.48 Å². The van der Waals surface area contributed by atoms with Gasteiger partial charge >= 0.3 is 5.97 Å². The molecule has 9 heteroatoms. The Hall–Kier alpha value is -2.90. The molecule has 0 spiro atoms. The van der Waals surface area contributed by atoms with Crippen LogP contribution in [-0.2, 0) is 4.74 Å². The molecule has 144 valence electrons. The van der Waals surface area contributed by atoms with Crippen LogP contribution in [-0.4, -0.2) is 27.3 Å². The number of nitrogens with zero attached hydrogens (tertiary/aromatic N) is 3. The van der Waals surface area contributed by atoms with Crippen LogP contribution in [0.25, 0.3) is 16.9 Å². The lowest BCUT2D eigenvalue weighted by Gasteiger charge is -2.11. The average Bonchev–Trinajstić information content (AvgIpc) is 2.98. The standard InChI is InChI=1S/C19H15Cl2N3O4/c1-3-28-19(25)17-11(2)18(13-6-4-5-7-15(13)24(26)27)23(22-17)16-9-8-12(20)10-14(16)21/h4-10H,3H2,1-2H3. The molecule has 2 aromatic carbocycles. The van der Waals surface area contributed by atoms with Crippen LogP contribution < -0.4 is 0 Å². The number of ether oxygens (including phenoxy) is 1. The highest BCUT2D eigenvalue weighted by molar-refractivity contribution is 6.35. The summed E-state index contributed by atoms with van der Waals surface area (Å²) in [5.41, 5.74) is 1.49. The first-order valence-corrected chi connectivity index (χ1v) is 9.06. The van der Waals surface area contributed by atoms with E-state index in [2.05, 4.69) is 5.10 Å². The lowest BCUT2D eigenvalue weighted by Crippen LogP contribution is -2.08. The molecule has 0 amide bonds. The van der Waals surface area contributed by atoms with Crippen molar-refractivity contribution in [3.05, 3.63) is 73.9 Å². The highest BCUT2D eigenvalue weighted by atomic mass is 35.5. The van der Waals surface area contributed by atoms with E-state index in [1.54, 1.807) is 44.2 Å². The van der Waals surface area contributed by atoms with Crippen LogP contribution >= 0.6 is 23.2 Å². The molecule has 0 aliphatic carbocycles. The van der Waals surface area contributed by atoms with Gasteiger partial charge in [0.25, 0.3) is 5.69 Å². The molecule has 0 bridgehead atoms. The number of hydrogen-bond acceptors (Lipinski definition) is 5. The second-order valence-corrected chi connectivity index (χ2v) is 6.67. The number of carbonyl (C=O) groups excluding carboxylic acids is 1. The molecule has 0 radical (unpaired) electrons. The molecule has 28 heavy (non-hydrogen) atoms. The zero-order valence-electron chi connectivity index (χ0n) is 15.0. The molecule has 0 aliphatic rings. The number of aromatic nitrogens is 2. The van der Waals surface area contributed by atoms with Crippen molar-refractivity contribution in [2.45, 2.75) is 13.8 Å². The highest BCUT2D eigenvalue weighted by Gasteiger charge is 2.27. The summed E-state index contributed by atoms with van der Waals surface area (Å²) >= 11 is 12.3. The Morgan fingerprint density at radius 2 is 1.96 bits per heavy atom. The van der Waals surface area contributed by atoms with E-state index in [1.807, 2.05) is 0 Å². The summed E-state index contributed by atoms with van der Waals surface area (Å²) in [6, 6.07) is 11.0. The lowest BCUT2D eigenvalue weighted by atomic mass is 10.0. The Morgan fingerprint density at radius 3 is 2.61 bits per heavy atom. The minimum Gasteiger partial charge on any atom is -0.461 e. The summed E-state index contributed by atoms with van der Waals surface area (Å²) in [5.74, 6) is -0.622. The molecular formula is C19H15Cl2N3O4. The van der Waals surface area contributed by atoms with Crippen LogP contribution in [0.3, 0.4) is 0 Å². The van der Waals surface area contributed by atoms with Gasteiger partial charge in [0.1, 0.15) is 0 Å². The topological polar surface area (TPSA) is 87.3 Å². The molecule has 0 N–H and O–H groups in total. The van der Waals surface area contributed by atoms with E-state index < -0.39 is 10.9 Å². The Labute approximate surface area is 170 Å². The maximum Gasteiger partial charge on any atom is 0.359 e. The molecule has 7 nitrogen and oxygen atoms in total. The number of benzene rings is 2. The molecule has 1 heterocycles. The van der Waals surface area contributed by atoms with E-state index in [0.717, 1.165) is 0 Å². The number of para-hydroxylation sites is 1. The van der Waals surface area contributed by atoms with Crippen LogP contribution in [0.4, 0.5) is 5.69 Å². The number of nitro groups is 1. The van der Waals surface area contributed by atoms with Gasteiger partial charge in [-0.15, -0.1) is 0 Å². The fourth-order valence-corrected chi connectivity index (χ4v) is 3.35. The van der Waals surface area contributed by atoms with Crippen molar-refractivity contribution in [1.82, 2.24) is 9.78 Å². The van der Waals surface area contributed by atoms with Gasteiger partial charge in [0, 0.05) is 16.7 Å². The van der Waals surface area contributed by atoms with E-state index in [9.17, 15) is 14.9 Å². The maximum absolute atomic E-state index is 12.4. The third kappa shape index (κ3) is 3.58. The van der Waals surface area contributed by atoms with Crippen molar-refractivity contribution in [3.63, 3.8) is 0 Å². The van der Waals surface area contributed by atoms with Crippen molar-refractivity contribution < 1.29 is 14.5 Å². The number of esters is 1. The number of nitro benzene ring substituents is 1. The first kappa shape index (κ1) is 19.9. The maximum atomic E-state index is 12.4. The smallest absolute Gasteiger partial charge is 0.359 e. The Kier molecular flexibility index (Phi) is 5.67. The summed E-state index contributed by atoms with van der Waals surface area (Å²) in [6.45, 7) is 3.52. The van der Waals surface area contributed by atoms with Crippen LogP contribution in [0, 0.1) is 17.0 Å². The van der Waals surface area contributed by atoms with Crippen molar-refractivity contribution in [2.75, 3.05) is 6.61 Å². The monoisotopic (exact) mass is 419 g/mol. The van der Waals surface area contributed by atoms with Gasteiger partial charge in [-0.3, -0.25) is 10.1 Å². The van der Waals surface area contributed by atoms with Crippen LogP contribution in [0.5, 0.6) is 0 Å². The fourth-order valence-electron chi connectivity index (χ4n) is 2.87. The van der Waals surface area contributed by atoms with Gasteiger partial charge in [-0.1, -0.05) is 35.3 Å². The van der Waals surface area contributed by atoms with Crippen LogP contribution in [0.2, 0.25) is 10.0 Å². The molecule has 3 aromatic rings. The Morgan fingerprint density at radius 1 is 1.25 bits per heavy atom. The van der Waals surface area contributed by atoms with Gasteiger partial charge in [-0.05, 0) is 38.1 Å². The minimum atomic E-state index is -0.622. The molecule has 0 saturated heterocycles. The summed E-state index contributed by atoms with van der Waals surface area (Å²) in [4.78, 5) is 23.4. The van der Waals surface area contributed by atoms with Crippen LogP contribution in [0.1, 0.15) is 23.0 Å². The van der Waals surface area contributed by atoms with Crippen molar-refractivity contribution in [2.24, 2.45) is 0 Å². The van der Waals surface area contributed by atoms with Crippen molar-refractivity contribution in [1.29, 1.82) is 0 Å². The first-order valence-electron chi connectivity index (χ1n) is 8.31. The third-order valence-electron chi connectivity index (χ3n) is 4.08. The fraction of sp³-hybridized carbons (Fsp3) is 0.158. The zero-order chi connectivity index (χ0) is 20.4. The summed E-state index contributed by atoms with van der Waals surface area (Å²) < 4.78 is 6.48. The molecule has 1 aromatic heterocycles.